The van der Waals surface area contributed by atoms with E-state index >= 15 is 0 Å². The average Bonchev–Trinajstić information content (AvgIpc) is 2.93. The third kappa shape index (κ3) is 4.55. The number of aliphatic hydroxyl groups excluding tert-OH is 1. The number of nitrogens with one attached hydrogen (secondary N) is 1. The minimum absolute atomic E-state index is 0.194. The maximum atomic E-state index is 9.41. The molecule has 21 heavy (non-hydrogen) atoms. The molecule has 0 bridgehead atoms. The van der Waals surface area contributed by atoms with E-state index < -0.39 is 0 Å². The lowest BCUT2D eigenvalue weighted by atomic mass is 9.79. The van der Waals surface area contributed by atoms with E-state index in [0.29, 0.717) is 24.5 Å². The fourth-order valence-corrected chi connectivity index (χ4v) is 3.82. The van der Waals surface area contributed by atoms with Gasteiger partial charge in [0.15, 0.2) is 0 Å². The molecule has 0 spiro atoms. The van der Waals surface area contributed by atoms with Gasteiger partial charge >= 0.3 is 0 Å². The third-order valence-electron chi connectivity index (χ3n) is 5.15. The minimum Gasteiger partial charge on any atom is -0.396 e. The van der Waals surface area contributed by atoms with Gasteiger partial charge < -0.3 is 10.4 Å². The quantitative estimate of drug-likeness (QED) is 0.801. The van der Waals surface area contributed by atoms with Crippen LogP contribution in [-0.4, -0.2) is 24.3 Å². The predicted octanol–water partition coefficient (Wildman–Crippen LogP) is 3.74. The molecular weight excluding hydrogens is 258 g/mol. The van der Waals surface area contributed by atoms with Gasteiger partial charge in [-0.1, -0.05) is 50.6 Å². The molecule has 2 N–H and O–H groups in total. The van der Waals surface area contributed by atoms with Gasteiger partial charge in [-0.3, -0.25) is 0 Å². The number of hydrogen-bond donors (Lipinski definition) is 2. The van der Waals surface area contributed by atoms with Crippen molar-refractivity contribution < 1.29 is 5.11 Å². The summed E-state index contributed by atoms with van der Waals surface area (Å²) in [5.74, 6) is 1.18. The summed E-state index contributed by atoms with van der Waals surface area (Å²) in [5.41, 5.74) is 1.60. The average molecular weight is 289 g/mol. The molecule has 1 saturated carbocycles. The molecule has 0 amide bonds. The van der Waals surface area contributed by atoms with Crippen molar-refractivity contribution in [2.45, 2.75) is 57.9 Å². The Morgan fingerprint density at radius 1 is 1.19 bits per heavy atom. The van der Waals surface area contributed by atoms with Gasteiger partial charge in [-0.15, -0.1) is 0 Å². The normalized spacial score (nSPS) is 24.2. The van der Waals surface area contributed by atoms with Crippen molar-refractivity contribution in [1.82, 2.24) is 5.32 Å². The summed E-state index contributed by atoms with van der Waals surface area (Å²) in [7, 11) is 0. The number of benzene rings is 1. The Bertz CT molecular complexity index is 415. The van der Waals surface area contributed by atoms with E-state index in [1.807, 2.05) is 0 Å². The molecule has 118 valence electrons. The van der Waals surface area contributed by atoms with Crippen LogP contribution >= 0.6 is 0 Å². The zero-order valence-corrected chi connectivity index (χ0v) is 13.8. The van der Waals surface area contributed by atoms with Crippen molar-refractivity contribution >= 4 is 0 Å². The van der Waals surface area contributed by atoms with Gasteiger partial charge in [-0.2, -0.15) is 0 Å². The summed E-state index contributed by atoms with van der Waals surface area (Å²) in [6.45, 7) is 8.35. The van der Waals surface area contributed by atoms with Gasteiger partial charge in [-0.05, 0) is 55.5 Å². The second kappa shape index (κ2) is 7.42. The first-order valence-corrected chi connectivity index (χ1v) is 8.42. The van der Waals surface area contributed by atoms with Gasteiger partial charge in [0.2, 0.25) is 0 Å². The summed E-state index contributed by atoms with van der Waals surface area (Å²) in [4.78, 5) is 0. The third-order valence-corrected chi connectivity index (χ3v) is 5.15. The topological polar surface area (TPSA) is 32.3 Å². The summed E-state index contributed by atoms with van der Waals surface area (Å²) in [6, 6.07) is 11.3. The summed E-state index contributed by atoms with van der Waals surface area (Å²) < 4.78 is 0. The van der Waals surface area contributed by atoms with Crippen LogP contribution < -0.4 is 5.32 Å². The fourth-order valence-electron chi connectivity index (χ4n) is 3.82. The fraction of sp³-hybridized carbons (Fsp3) is 0.684. The van der Waals surface area contributed by atoms with Crippen molar-refractivity contribution in [3.8, 4) is 0 Å². The minimum atomic E-state index is 0.194. The molecule has 1 aliphatic carbocycles. The summed E-state index contributed by atoms with van der Waals surface area (Å²) in [5, 5.41) is 13.1. The van der Waals surface area contributed by atoms with Crippen LogP contribution in [0.4, 0.5) is 0 Å². The SMILES string of the molecule is CC(CC(C)(C)c1ccccc1)NCC1CCCC1CO. The van der Waals surface area contributed by atoms with E-state index in [2.05, 4.69) is 56.4 Å². The molecule has 0 aliphatic heterocycles. The maximum absolute atomic E-state index is 9.41. The molecule has 3 unspecified atom stereocenters. The lowest BCUT2D eigenvalue weighted by molar-refractivity contribution is 0.189. The zero-order chi connectivity index (χ0) is 15.3. The van der Waals surface area contributed by atoms with Gasteiger partial charge in [0, 0.05) is 12.6 Å². The van der Waals surface area contributed by atoms with Crippen LogP contribution in [0.25, 0.3) is 0 Å². The van der Waals surface area contributed by atoms with E-state index in [-0.39, 0.29) is 5.41 Å². The molecule has 2 heteroatoms. The monoisotopic (exact) mass is 289 g/mol. The van der Waals surface area contributed by atoms with Crippen molar-refractivity contribution in [2.24, 2.45) is 11.8 Å². The Morgan fingerprint density at radius 3 is 2.52 bits per heavy atom. The highest BCUT2D eigenvalue weighted by molar-refractivity contribution is 5.23. The highest BCUT2D eigenvalue weighted by Crippen LogP contribution is 2.31. The Morgan fingerprint density at radius 2 is 1.86 bits per heavy atom. The molecule has 0 radical (unpaired) electrons. The Balaban J connectivity index is 1.82. The number of hydrogen-bond acceptors (Lipinski definition) is 2. The van der Waals surface area contributed by atoms with E-state index in [4.69, 9.17) is 0 Å². The van der Waals surface area contributed by atoms with Crippen LogP contribution in [-0.2, 0) is 5.41 Å². The van der Waals surface area contributed by atoms with Gasteiger partial charge in [0.1, 0.15) is 0 Å². The zero-order valence-electron chi connectivity index (χ0n) is 13.8. The first-order valence-electron chi connectivity index (χ1n) is 8.42. The molecule has 1 fully saturated rings. The molecule has 1 aromatic carbocycles. The Hall–Kier alpha value is -0.860. The molecule has 2 rings (SSSR count). The number of aliphatic hydroxyl groups is 1. The van der Waals surface area contributed by atoms with Crippen LogP contribution in [0.15, 0.2) is 30.3 Å². The molecule has 0 heterocycles. The summed E-state index contributed by atoms with van der Waals surface area (Å²) in [6.07, 6.45) is 4.88. The first kappa shape index (κ1) is 16.5. The smallest absolute Gasteiger partial charge is 0.0462 e. The molecule has 3 atom stereocenters. The molecule has 0 aromatic heterocycles. The van der Waals surface area contributed by atoms with Crippen LogP contribution in [0.2, 0.25) is 0 Å². The van der Waals surface area contributed by atoms with Crippen LogP contribution in [0.3, 0.4) is 0 Å². The second-order valence-electron chi connectivity index (χ2n) is 7.40. The van der Waals surface area contributed by atoms with E-state index in [1.54, 1.807) is 0 Å². The van der Waals surface area contributed by atoms with Crippen molar-refractivity contribution in [2.75, 3.05) is 13.2 Å². The lowest BCUT2D eigenvalue weighted by Gasteiger charge is -2.30. The van der Waals surface area contributed by atoms with Crippen LogP contribution in [0, 0.1) is 11.8 Å². The van der Waals surface area contributed by atoms with Gasteiger partial charge in [0.25, 0.3) is 0 Å². The predicted molar refractivity (Wildman–Crippen MR) is 89.5 cm³/mol. The van der Waals surface area contributed by atoms with Crippen molar-refractivity contribution in [3.63, 3.8) is 0 Å². The van der Waals surface area contributed by atoms with E-state index in [9.17, 15) is 5.11 Å². The molecule has 1 aromatic rings. The largest absolute Gasteiger partial charge is 0.396 e. The summed E-state index contributed by atoms with van der Waals surface area (Å²) >= 11 is 0. The second-order valence-corrected chi connectivity index (χ2v) is 7.40. The maximum Gasteiger partial charge on any atom is 0.0462 e. The Kier molecular flexibility index (Phi) is 5.83. The first-order chi connectivity index (χ1) is 10.0. The van der Waals surface area contributed by atoms with Gasteiger partial charge in [-0.25, -0.2) is 0 Å². The highest BCUT2D eigenvalue weighted by atomic mass is 16.3. The van der Waals surface area contributed by atoms with Crippen molar-refractivity contribution in [1.29, 1.82) is 0 Å². The van der Waals surface area contributed by atoms with Gasteiger partial charge in [0.05, 0.1) is 0 Å². The standard InChI is InChI=1S/C19H31NO/c1-15(20-13-16-8-7-9-17(16)14-21)12-19(2,3)18-10-5-4-6-11-18/h4-6,10-11,15-17,20-21H,7-9,12-14H2,1-3H3. The van der Waals surface area contributed by atoms with Crippen molar-refractivity contribution in [3.05, 3.63) is 35.9 Å². The van der Waals surface area contributed by atoms with E-state index in [1.165, 1.54) is 24.8 Å². The molecule has 1 aliphatic rings. The highest BCUT2D eigenvalue weighted by Gasteiger charge is 2.28. The number of rotatable bonds is 7. The lowest BCUT2D eigenvalue weighted by Crippen LogP contribution is -2.37. The molecule has 0 saturated heterocycles. The Labute approximate surface area is 130 Å². The van der Waals surface area contributed by atoms with Crippen LogP contribution in [0.1, 0.15) is 52.0 Å². The molecular formula is C19H31NO. The molecule has 2 nitrogen and oxygen atoms in total. The van der Waals surface area contributed by atoms with Crippen LogP contribution in [0.5, 0.6) is 0 Å². The van der Waals surface area contributed by atoms with E-state index in [0.717, 1.165) is 13.0 Å².